The molecule has 1 aliphatic rings. The van der Waals surface area contributed by atoms with Crippen LogP contribution in [0.2, 0.25) is 0 Å². The van der Waals surface area contributed by atoms with Crippen LogP contribution in [0.1, 0.15) is 34.3 Å². The van der Waals surface area contributed by atoms with Gasteiger partial charge in [-0.3, -0.25) is 4.79 Å². The van der Waals surface area contributed by atoms with Crippen molar-refractivity contribution in [2.24, 2.45) is 0 Å². The molecule has 0 unspecified atom stereocenters. The van der Waals surface area contributed by atoms with Gasteiger partial charge in [0.15, 0.2) is 12.4 Å². The Balaban J connectivity index is 1.56. The Kier molecular flexibility index (Phi) is 6.61. The zero-order valence-electron chi connectivity index (χ0n) is 16.2. The average molecular weight is 413 g/mol. The van der Waals surface area contributed by atoms with Crippen molar-refractivity contribution in [2.45, 2.75) is 24.7 Å². The number of rotatable bonds is 7. The van der Waals surface area contributed by atoms with E-state index in [1.807, 2.05) is 31.2 Å². The molecular formula is C22H23NO5S. The minimum absolute atomic E-state index is 0.161. The maximum absolute atomic E-state index is 12.5. The second-order valence-corrected chi connectivity index (χ2v) is 8.85. The minimum Gasteiger partial charge on any atom is -0.454 e. The quantitative estimate of drug-likeness (QED) is 0.396. The van der Waals surface area contributed by atoms with E-state index in [0.29, 0.717) is 18.7 Å². The van der Waals surface area contributed by atoms with E-state index in [2.05, 4.69) is 0 Å². The molecule has 0 amide bonds. The first-order valence-electron chi connectivity index (χ1n) is 9.41. The highest BCUT2D eigenvalue weighted by Crippen LogP contribution is 2.21. The van der Waals surface area contributed by atoms with Crippen LogP contribution in [0.5, 0.6) is 0 Å². The van der Waals surface area contributed by atoms with Crippen molar-refractivity contribution in [1.82, 2.24) is 4.31 Å². The third-order valence-electron chi connectivity index (χ3n) is 4.68. The van der Waals surface area contributed by atoms with Crippen LogP contribution in [0.15, 0.2) is 59.5 Å². The molecule has 152 valence electrons. The molecule has 1 fully saturated rings. The van der Waals surface area contributed by atoms with Gasteiger partial charge in [0.25, 0.3) is 0 Å². The molecule has 7 heteroatoms. The predicted octanol–water partition coefficient (Wildman–Crippen LogP) is 3.22. The Morgan fingerprint density at radius 2 is 1.76 bits per heavy atom. The molecule has 0 atom stereocenters. The molecule has 1 saturated heterocycles. The molecule has 3 rings (SSSR count). The molecule has 0 aliphatic carbocycles. The number of benzene rings is 2. The minimum atomic E-state index is -3.52. The number of ketones is 1. The normalized spacial score (nSPS) is 14.9. The fourth-order valence-corrected chi connectivity index (χ4v) is 4.61. The van der Waals surface area contributed by atoms with Crippen molar-refractivity contribution in [3.05, 3.63) is 71.3 Å². The maximum atomic E-state index is 12.5. The van der Waals surface area contributed by atoms with Crippen LogP contribution in [-0.2, 0) is 19.6 Å². The van der Waals surface area contributed by atoms with Gasteiger partial charge < -0.3 is 4.74 Å². The molecule has 0 radical (unpaired) electrons. The van der Waals surface area contributed by atoms with Gasteiger partial charge in [0.2, 0.25) is 10.0 Å². The highest BCUT2D eigenvalue weighted by molar-refractivity contribution is 7.89. The lowest BCUT2D eigenvalue weighted by Gasteiger charge is -2.15. The van der Waals surface area contributed by atoms with E-state index in [-0.39, 0.29) is 4.90 Å². The van der Waals surface area contributed by atoms with E-state index in [0.717, 1.165) is 24.0 Å². The number of nitrogens with zero attached hydrogens (tertiary/aromatic N) is 1. The number of carbonyl (C=O) groups is 2. The Morgan fingerprint density at radius 3 is 2.41 bits per heavy atom. The van der Waals surface area contributed by atoms with Crippen LogP contribution in [0, 0.1) is 6.92 Å². The van der Waals surface area contributed by atoms with Crippen molar-refractivity contribution in [3.63, 3.8) is 0 Å². The third kappa shape index (κ3) is 5.40. The Bertz CT molecular complexity index is 1020. The first kappa shape index (κ1) is 21.0. The number of hydrogen-bond donors (Lipinski definition) is 0. The maximum Gasteiger partial charge on any atom is 0.331 e. The summed E-state index contributed by atoms with van der Waals surface area (Å²) in [7, 11) is -3.52. The number of esters is 1. The average Bonchev–Trinajstić information content (AvgIpc) is 3.26. The predicted molar refractivity (Wildman–Crippen MR) is 110 cm³/mol. The van der Waals surface area contributed by atoms with E-state index in [4.69, 9.17) is 4.74 Å². The summed E-state index contributed by atoms with van der Waals surface area (Å²) < 4.78 is 31.4. The number of aryl methyl sites for hydroxylation is 1. The van der Waals surface area contributed by atoms with Gasteiger partial charge in [-0.15, -0.1) is 0 Å². The Hall–Kier alpha value is -2.77. The number of carbonyl (C=O) groups excluding carboxylic acids is 2. The van der Waals surface area contributed by atoms with Gasteiger partial charge in [-0.2, -0.15) is 4.31 Å². The van der Waals surface area contributed by atoms with Crippen molar-refractivity contribution >= 4 is 27.9 Å². The fraction of sp³-hybridized carbons (Fsp3) is 0.273. The molecule has 0 bridgehead atoms. The molecular weight excluding hydrogens is 390 g/mol. The third-order valence-corrected chi connectivity index (χ3v) is 6.59. The van der Waals surface area contributed by atoms with Crippen molar-refractivity contribution < 1.29 is 22.7 Å². The van der Waals surface area contributed by atoms with Gasteiger partial charge in [-0.25, -0.2) is 13.2 Å². The summed E-state index contributed by atoms with van der Waals surface area (Å²) in [6.45, 7) is 2.59. The van der Waals surface area contributed by atoms with Gasteiger partial charge in [0, 0.05) is 24.7 Å². The zero-order chi connectivity index (χ0) is 20.9. The van der Waals surface area contributed by atoms with E-state index in [9.17, 15) is 18.0 Å². The van der Waals surface area contributed by atoms with Gasteiger partial charge >= 0.3 is 5.97 Å². The van der Waals surface area contributed by atoms with Gasteiger partial charge in [0.1, 0.15) is 0 Å². The topological polar surface area (TPSA) is 80.8 Å². The lowest BCUT2D eigenvalue weighted by atomic mass is 10.1. The first-order chi connectivity index (χ1) is 13.9. The highest BCUT2D eigenvalue weighted by Gasteiger charge is 2.27. The monoisotopic (exact) mass is 413 g/mol. The lowest BCUT2D eigenvalue weighted by molar-refractivity contribution is -0.136. The molecule has 1 aliphatic heterocycles. The van der Waals surface area contributed by atoms with Crippen LogP contribution in [0.4, 0.5) is 0 Å². The van der Waals surface area contributed by atoms with Crippen LogP contribution < -0.4 is 0 Å². The van der Waals surface area contributed by atoms with E-state index in [1.54, 1.807) is 6.08 Å². The summed E-state index contributed by atoms with van der Waals surface area (Å²) in [5.41, 5.74) is 2.23. The molecule has 0 spiro atoms. The fourth-order valence-electron chi connectivity index (χ4n) is 3.10. The Labute approximate surface area is 170 Å². The summed E-state index contributed by atoms with van der Waals surface area (Å²) in [6.07, 6.45) is 4.62. The lowest BCUT2D eigenvalue weighted by Crippen LogP contribution is -2.27. The van der Waals surface area contributed by atoms with E-state index < -0.39 is 28.4 Å². The molecule has 0 aromatic heterocycles. The summed E-state index contributed by atoms with van der Waals surface area (Å²) in [4.78, 5) is 24.2. The van der Waals surface area contributed by atoms with Gasteiger partial charge in [-0.05, 0) is 55.7 Å². The molecule has 6 nitrogen and oxygen atoms in total. The van der Waals surface area contributed by atoms with Crippen LogP contribution in [0.3, 0.4) is 0 Å². The summed E-state index contributed by atoms with van der Waals surface area (Å²) >= 11 is 0. The highest BCUT2D eigenvalue weighted by atomic mass is 32.2. The summed E-state index contributed by atoms with van der Waals surface area (Å²) in [6, 6.07) is 13.4. The van der Waals surface area contributed by atoms with Crippen molar-refractivity contribution in [1.29, 1.82) is 0 Å². The summed E-state index contributed by atoms with van der Waals surface area (Å²) in [5.74, 6) is -1.01. The number of hydrogen-bond acceptors (Lipinski definition) is 5. The van der Waals surface area contributed by atoms with Crippen molar-refractivity contribution in [2.75, 3.05) is 19.7 Å². The number of Topliss-reactive ketones (excluding diaryl/α,β-unsaturated/α-hetero) is 1. The molecule has 0 saturated carbocycles. The Morgan fingerprint density at radius 1 is 1.07 bits per heavy atom. The molecule has 29 heavy (non-hydrogen) atoms. The van der Waals surface area contributed by atoms with Crippen LogP contribution in [-0.4, -0.2) is 44.2 Å². The van der Waals surface area contributed by atoms with Gasteiger partial charge in [-0.1, -0.05) is 29.8 Å². The number of sulfonamides is 1. The second kappa shape index (κ2) is 9.15. The summed E-state index contributed by atoms with van der Waals surface area (Å²) in [5, 5.41) is 0. The van der Waals surface area contributed by atoms with Crippen LogP contribution >= 0.6 is 0 Å². The van der Waals surface area contributed by atoms with E-state index in [1.165, 1.54) is 34.6 Å². The van der Waals surface area contributed by atoms with Crippen LogP contribution in [0.25, 0.3) is 6.08 Å². The standard InChI is InChI=1S/C22H23NO5S/c1-17-5-4-6-18(15-17)7-12-22(25)28-16-21(24)19-8-10-20(11-9-19)29(26,27)23-13-2-3-14-23/h4-12,15H,2-3,13-14,16H2,1H3/b12-7+. The molecule has 2 aromatic rings. The largest absolute Gasteiger partial charge is 0.454 e. The zero-order valence-corrected chi connectivity index (χ0v) is 17.0. The van der Waals surface area contributed by atoms with Crippen molar-refractivity contribution in [3.8, 4) is 0 Å². The second-order valence-electron chi connectivity index (χ2n) is 6.91. The molecule has 0 N–H and O–H groups in total. The first-order valence-corrected chi connectivity index (χ1v) is 10.9. The van der Waals surface area contributed by atoms with E-state index >= 15 is 0 Å². The number of ether oxygens (including phenoxy) is 1. The molecule has 1 heterocycles. The molecule has 2 aromatic carbocycles. The van der Waals surface area contributed by atoms with Gasteiger partial charge in [0.05, 0.1) is 4.90 Å². The smallest absolute Gasteiger partial charge is 0.331 e. The SMILES string of the molecule is Cc1cccc(/C=C/C(=O)OCC(=O)c2ccc(S(=O)(=O)N3CCCC3)cc2)c1.